The zero-order chi connectivity index (χ0) is 20.3. The first-order valence-corrected chi connectivity index (χ1v) is 11.7. The van der Waals surface area contributed by atoms with Gasteiger partial charge in [0.25, 0.3) is 0 Å². The third-order valence-corrected chi connectivity index (χ3v) is 7.02. The molecule has 28 heavy (non-hydrogen) atoms. The Kier molecular flexibility index (Phi) is 6.32. The van der Waals surface area contributed by atoms with Gasteiger partial charge in [0, 0.05) is 17.9 Å². The smallest absolute Gasteiger partial charge is 0.241 e. The van der Waals surface area contributed by atoms with Crippen LogP contribution in [0.5, 0.6) is 5.75 Å². The van der Waals surface area contributed by atoms with Gasteiger partial charge in [-0.25, -0.2) is 13.1 Å². The topological polar surface area (TPSA) is 84.5 Å². The first kappa shape index (κ1) is 20.7. The van der Waals surface area contributed by atoms with Gasteiger partial charge in [0.2, 0.25) is 15.9 Å². The summed E-state index contributed by atoms with van der Waals surface area (Å²) in [6.07, 6.45) is 4.41. The summed E-state index contributed by atoms with van der Waals surface area (Å²) in [6, 6.07) is 10.3. The van der Waals surface area contributed by atoms with E-state index in [1.165, 1.54) is 24.8 Å². The number of rotatable bonds is 6. The average molecular weight is 421 g/mol. The third kappa shape index (κ3) is 4.51. The van der Waals surface area contributed by atoms with E-state index in [4.69, 9.17) is 4.74 Å². The lowest BCUT2D eigenvalue weighted by atomic mass is 9.88. The fourth-order valence-corrected chi connectivity index (χ4v) is 5.25. The molecule has 1 aliphatic carbocycles. The molecule has 6 nitrogen and oxygen atoms in total. The summed E-state index contributed by atoms with van der Waals surface area (Å²) in [5.74, 6) is 0.530. The molecule has 0 fully saturated rings. The van der Waals surface area contributed by atoms with Crippen molar-refractivity contribution in [1.29, 1.82) is 0 Å². The van der Waals surface area contributed by atoms with Gasteiger partial charge in [0.05, 0.1) is 17.7 Å². The highest BCUT2D eigenvalue weighted by Crippen LogP contribution is 2.34. The lowest BCUT2D eigenvalue weighted by Gasteiger charge is -2.26. The zero-order valence-corrected chi connectivity index (χ0v) is 17.7. The average Bonchev–Trinajstić information content (AvgIpc) is 2.67. The molecule has 3 rings (SSSR count). The van der Waals surface area contributed by atoms with Crippen molar-refractivity contribution in [3.8, 4) is 5.75 Å². The van der Waals surface area contributed by atoms with Crippen LogP contribution >= 0.6 is 11.8 Å². The Morgan fingerprint density at radius 3 is 2.68 bits per heavy atom. The van der Waals surface area contributed by atoms with Crippen LogP contribution in [-0.2, 0) is 21.2 Å². The summed E-state index contributed by atoms with van der Waals surface area (Å²) in [5, 5.41) is 2.70. The summed E-state index contributed by atoms with van der Waals surface area (Å²) in [7, 11) is -2.12. The molecule has 0 radical (unpaired) electrons. The maximum Gasteiger partial charge on any atom is 0.241 e. The second-order valence-corrected chi connectivity index (χ2v) is 9.24. The van der Waals surface area contributed by atoms with Crippen LogP contribution in [0.4, 0.5) is 5.69 Å². The highest BCUT2D eigenvalue weighted by molar-refractivity contribution is 7.98. The van der Waals surface area contributed by atoms with Crippen molar-refractivity contribution in [1.82, 2.24) is 4.72 Å². The van der Waals surface area contributed by atoms with Crippen molar-refractivity contribution in [2.24, 2.45) is 0 Å². The Morgan fingerprint density at radius 1 is 1.21 bits per heavy atom. The van der Waals surface area contributed by atoms with E-state index in [0.717, 1.165) is 41.0 Å². The Balaban J connectivity index is 1.90. The number of benzene rings is 2. The van der Waals surface area contributed by atoms with Crippen LogP contribution in [0.25, 0.3) is 0 Å². The van der Waals surface area contributed by atoms with Crippen molar-refractivity contribution in [2.75, 3.05) is 18.7 Å². The number of carbonyl (C=O) groups excluding carboxylic acids is 1. The summed E-state index contributed by atoms with van der Waals surface area (Å²) in [5.41, 5.74) is 2.59. The summed E-state index contributed by atoms with van der Waals surface area (Å²) >= 11 is 1.44. The highest BCUT2D eigenvalue weighted by atomic mass is 32.2. The first-order chi connectivity index (χ1) is 13.3. The number of nitrogens with one attached hydrogen (secondary N) is 2. The standard InChI is InChI=1S/C20H24N2O4S2/c1-13(23)21-19-12-16(8-10-20(19)27-3)28(24,25)22-18-6-4-5-14-11-15(26-2)7-9-17(14)18/h7-12,18,22H,4-6H2,1-3H3,(H,21,23)/t18-/m0/s1. The number of ether oxygens (including phenoxy) is 1. The van der Waals surface area contributed by atoms with Crippen molar-refractivity contribution in [3.05, 3.63) is 47.5 Å². The normalized spacial score (nSPS) is 16.3. The number of carbonyl (C=O) groups is 1. The fourth-order valence-electron chi connectivity index (χ4n) is 3.44. The Labute approximate surface area is 170 Å². The number of anilines is 1. The number of methoxy groups -OCH3 is 1. The largest absolute Gasteiger partial charge is 0.497 e. The molecule has 0 unspecified atom stereocenters. The van der Waals surface area contributed by atoms with Crippen LogP contribution < -0.4 is 14.8 Å². The number of aryl methyl sites for hydroxylation is 1. The van der Waals surface area contributed by atoms with Gasteiger partial charge in [-0.2, -0.15) is 0 Å². The van der Waals surface area contributed by atoms with E-state index in [9.17, 15) is 13.2 Å². The molecule has 0 saturated carbocycles. The first-order valence-electron chi connectivity index (χ1n) is 8.99. The second kappa shape index (κ2) is 8.55. The third-order valence-electron chi connectivity index (χ3n) is 4.75. The molecule has 150 valence electrons. The minimum atomic E-state index is -3.74. The molecule has 2 aromatic carbocycles. The quantitative estimate of drug-likeness (QED) is 0.696. The van der Waals surface area contributed by atoms with Crippen LogP contribution in [0.1, 0.15) is 36.9 Å². The molecule has 0 heterocycles. The highest BCUT2D eigenvalue weighted by Gasteiger charge is 2.26. The lowest BCUT2D eigenvalue weighted by Crippen LogP contribution is -2.31. The van der Waals surface area contributed by atoms with Gasteiger partial charge < -0.3 is 10.1 Å². The van der Waals surface area contributed by atoms with Gasteiger partial charge in [0.15, 0.2) is 0 Å². The molecule has 2 aromatic rings. The predicted octanol–water partition coefficient (Wildman–Crippen LogP) is 3.73. The molecule has 1 atom stereocenters. The van der Waals surface area contributed by atoms with E-state index >= 15 is 0 Å². The monoisotopic (exact) mass is 420 g/mol. The van der Waals surface area contributed by atoms with Gasteiger partial charge in [-0.15, -0.1) is 11.8 Å². The SMILES string of the molecule is COc1ccc2c(c1)CCC[C@@H]2NS(=O)(=O)c1ccc(SC)c(NC(C)=O)c1. The Hall–Kier alpha value is -2.03. The number of hydrogen-bond acceptors (Lipinski definition) is 5. The molecule has 0 bridgehead atoms. The van der Waals surface area contributed by atoms with E-state index in [0.29, 0.717) is 5.69 Å². The number of sulfonamides is 1. The molecule has 8 heteroatoms. The maximum absolute atomic E-state index is 13.0. The van der Waals surface area contributed by atoms with Crippen molar-refractivity contribution >= 4 is 33.4 Å². The number of amides is 1. The van der Waals surface area contributed by atoms with Gasteiger partial charge >= 0.3 is 0 Å². The van der Waals surface area contributed by atoms with E-state index in [1.807, 2.05) is 24.5 Å². The summed E-state index contributed by atoms with van der Waals surface area (Å²) in [4.78, 5) is 12.4. The minimum absolute atomic E-state index is 0.134. The van der Waals surface area contributed by atoms with Crippen LogP contribution in [0.15, 0.2) is 46.2 Å². The number of thioether (sulfide) groups is 1. The van der Waals surface area contributed by atoms with E-state index in [2.05, 4.69) is 10.0 Å². The summed E-state index contributed by atoms with van der Waals surface area (Å²) < 4.78 is 34.1. The van der Waals surface area contributed by atoms with Gasteiger partial charge in [-0.1, -0.05) is 6.07 Å². The minimum Gasteiger partial charge on any atom is -0.497 e. The Bertz CT molecular complexity index is 990. The number of hydrogen-bond donors (Lipinski definition) is 2. The van der Waals surface area contributed by atoms with Crippen molar-refractivity contribution in [3.63, 3.8) is 0 Å². The fraction of sp³-hybridized carbons (Fsp3) is 0.350. The second-order valence-electron chi connectivity index (χ2n) is 6.67. The van der Waals surface area contributed by atoms with Crippen molar-refractivity contribution in [2.45, 2.75) is 42.0 Å². The molecule has 1 aliphatic rings. The van der Waals surface area contributed by atoms with Crippen molar-refractivity contribution < 1.29 is 17.9 Å². The molecular formula is C20H24N2O4S2. The molecule has 0 aliphatic heterocycles. The molecule has 0 aromatic heterocycles. The van der Waals surface area contributed by atoms with E-state index < -0.39 is 10.0 Å². The predicted molar refractivity (Wildman–Crippen MR) is 112 cm³/mol. The van der Waals surface area contributed by atoms with Gasteiger partial charge in [-0.05, 0) is 67.0 Å². The zero-order valence-electron chi connectivity index (χ0n) is 16.1. The van der Waals surface area contributed by atoms with Crippen LogP contribution in [0.2, 0.25) is 0 Å². The van der Waals surface area contributed by atoms with Crippen LogP contribution in [-0.4, -0.2) is 27.7 Å². The maximum atomic E-state index is 13.0. The van der Waals surface area contributed by atoms with Gasteiger partial charge in [0.1, 0.15) is 5.75 Å². The van der Waals surface area contributed by atoms with Crippen LogP contribution in [0.3, 0.4) is 0 Å². The molecule has 0 saturated heterocycles. The molecular weight excluding hydrogens is 396 g/mol. The summed E-state index contributed by atoms with van der Waals surface area (Å²) in [6.45, 7) is 1.40. The molecule has 2 N–H and O–H groups in total. The number of fused-ring (bicyclic) bond motifs is 1. The lowest BCUT2D eigenvalue weighted by molar-refractivity contribution is -0.114. The molecule has 1 amide bonds. The van der Waals surface area contributed by atoms with Crippen LogP contribution in [0, 0.1) is 0 Å². The molecule has 0 spiro atoms. The Morgan fingerprint density at radius 2 is 2.00 bits per heavy atom. The van der Waals surface area contributed by atoms with E-state index in [1.54, 1.807) is 19.2 Å². The van der Waals surface area contributed by atoms with Gasteiger partial charge in [-0.3, -0.25) is 4.79 Å². The van der Waals surface area contributed by atoms with E-state index in [-0.39, 0.29) is 16.8 Å².